The summed E-state index contributed by atoms with van der Waals surface area (Å²) in [6, 6.07) is 0.297. The number of rotatable bonds is 3. The van der Waals surface area contributed by atoms with E-state index in [0.717, 1.165) is 24.6 Å². The van der Waals surface area contributed by atoms with E-state index >= 15 is 0 Å². The molecule has 0 spiro atoms. The number of hydrogen-bond acceptors (Lipinski definition) is 6. The number of anilines is 1. The number of aromatic nitrogens is 1. The van der Waals surface area contributed by atoms with Gasteiger partial charge in [-0.25, -0.2) is 9.78 Å². The molecule has 1 aliphatic rings. The predicted octanol–water partition coefficient (Wildman–Crippen LogP) is 1.52. The first kappa shape index (κ1) is 11.3. The molecule has 1 saturated heterocycles. The molecule has 1 atom stereocenters. The van der Waals surface area contributed by atoms with Crippen LogP contribution in [0, 0.1) is 0 Å². The van der Waals surface area contributed by atoms with Crippen LogP contribution in [-0.2, 0) is 9.47 Å². The second-order valence-corrected chi connectivity index (χ2v) is 4.45. The molecule has 1 fully saturated rings. The van der Waals surface area contributed by atoms with Crippen LogP contribution in [0.25, 0.3) is 0 Å². The summed E-state index contributed by atoms with van der Waals surface area (Å²) in [5, 5.41) is 5.69. The second-order valence-electron chi connectivity index (χ2n) is 3.59. The molecule has 0 aliphatic carbocycles. The van der Waals surface area contributed by atoms with E-state index in [0.29, 0.717) is 18.3 Å². The van der Waals surface area contributed by atoms with Gasteiger partial charge in [-0.05, 0) is 12.8 Å². The maximum atomic E-state index is 11.2. The highest BCUT2D eigenvalue weighted by Crippen LogP contribution is 2.19. The Bertz CT molecular complexity index is 361. The minimum absolute atomic E-state index is 0.297. The van der Waals surface area contributed by atoms with Crippen LogP contribution >= 0.6 is 11.3 Å². The number of methoxy groups -OCH3 is 1. The van der Waals surface area contributed by atoms with Crippen LogP contribution in [0.5, 0.6) is 0 Å². The minimum Gasteiger partial charge on any atom is -0.464 e. The summed E-state index contributed by atoms with van der Waals surface area (Å²) in [4.78, 5) is 15.3. The summed E-state index contributed by atoms with van der Waals surface area (Å²) >= 11 is 1.41. The van der Waals surface area contributed by atoms with Crippen molar-refractivity contribution in [2.45, 2.75) is 18.9 Å². The summed E-state index contributed by atoms with van der Waals surface area (Å²) in [6.07, 6.45) is 2.14. The van der Waals surface area contributed by atoms with Gasteiger partial charge in [0.2, 0.25) is 0 Å². The van der Waals surface area contributed by atoms with Crippen molar-refractivity contribution in [2.24, 2.45) is 0 Å². The Morgan fingerprint density at radius 1 is 1.75 bits per heavy atom. The molecular formula is C10H14N2O3S. The van der Waals surface area contributed by atoms with Crippen molar-refractivity contribution < 1.29 is 14.3 Å². The highest BCUT2D eigenvalue weighted by molar-refractivity contribution is 7.13. The Hall–Kier alpha value is -1.14. The van der Waals surface area contributed by atoms with Crippen LogP contribution in [0.1, 0.15) is 23.3 Å². The van der Waals surface area contributed by atoms with E-state index in [1.807, 2.05) is 0 Å². The molecule has 1 aliphatic heterocycles. The van der Waals surface area contributed by atoms with Gasteiger partial charge in [0.05, 0.1) is 19.8 Å². The molecule has 1 unspecified atom stereocenters. The van der Waals surface area contributed by atoms with E-state index in [4.69, 9.17) is 4.74 Å². The zero-order chi connectivity index (χ0) is 11.4. The number of ether oxygens (including phenoxy) is 2. The molecule has 0 radical (unpaired) electrons. The summed E-state index contributed by atoms with van der Waals surface area (Å²) in [5.74, 6) is -0.399. The van der Waals surface area contributed by atoms with Gasteiger partial charge in [-0.2, -0.15) is 0 Å². The summed E-state index contributed by atoms with van der Waals surface area (Å²) in [5.41, 5.74) is 0.353. The first-order chi connectivity index (χ1) is 7.79. The Morgan fingerprint density at radius 2 is 2.62 bits per heavy atom. The monoisotopic (exact) mass is 242 g/mol. The largest absolute Gasteiger partial charge is 0.464 e. The van der Waals surface area contributed by atoms with Crippen molar-refractivity contribution in [3.05, 3.63) is 11.1 Å². The Balaban J connectivity index is 1.94. The third-order valence-corrected chi connectivity index (χ3v) is 3.16. The van der Waals surface area contributed by atoms with Gasteiger partial charge in [0, 0.05) is 12.0 Å². The standard InChI is InChI=1S/C10H14N2O3S/c1-14-9(13)8-6-16-10(12-8)11-7-3-2-4-15-5-7/h6-7H,2-5H2,1H3,(H,11,12). The number of hydrogen-bond donors (Lipinski definition) is 1. The lowest BCUT2D eigenvalue weighted by molar-refractivity contribution is 0.0595. The van der Waals surface area contributed by atoms with E-state index in [9.17, 15) is 4.79 Å². The number of nitrogens with zero attached hydrogens (tertiary/aromatic N) is 1. The van der Waals surface area contributed by atoms with E-state index in [2.05, 4.69) is 15.0 Å². The molecule has 5 nitrogen and oxygen atoms in total. The van der Waals surface area contributed by atoms with Gasteiger partial charge >= 0.3 is 5.97 Å². The number of nitrogens with one attached hydrogen (secondary N) is 1. The predicted molar refractivity (Wildman–Crippen MR) is 60.9 cm³/mol. The number of carbonyl (C=O) groups excluding carboxylic acids is 1. The van der Waals surface area contributed by atoms with Crippen LogP contribution in [0.15, 0.2) is 5.38 Å². The lowest BCUT2D eigenvalue weighted by Gasteiger charge is -2.22. The fourth-order valence-corrected chi connectivity index (χ4v) is 2.33. The molecule has 0 bridgehead atoms. The van der Waals surface area contributed by atoms with Gasteiger partial charge in [-0.15, -0.1) is 11.3 Å². The molecule has 1 aromatic heterocycles. The number of thiazole rings is 1. The zero-order valence-electron chi connectivity index (χ0n) is 9.06. The molecular weight excluding hydrogens is 228 g/mol. The average molecular weight is 242 g/mol. The highest BCUT2D eigenvalue weighted by Gasteiger charge is 2.16. The molecule has 2 rings (SSSR count). The van der Waals surface area contributed by atoms with Gasteiger partial charge in [0.1, 0.15) is 0 Å². The van der Waals surface area contributed by atoms with E-state index < -0.39 is 5.97 Å². The molecule has 0 aromatic carbocycles. The van der Waals surface area contributed by atoms with E-state index in [-0.39, 0.29) is 0 Å². The van der Waals surface area contributed by atoms with Crippen molar-refractivity contribution in [3.63, 3.8) is 0 Å². The SMILES string of the molecule is COC(=O)c1csc(NC2CCCOC2)n1. The molecule has 0 amide bonds. The van der Waals surface area contributed by atoms with Crippen LogP contribution in [0.2, 0.25) is 0 Å². The van der Waals surface area contributed by atoms with Crippen LogP contribution < -0.4 is 5.32 Å². The molecule has 16 heavy (non-hydrogen) atoms. The normalized spacial score (nSPS) is 20.4. The van der Waals surface area contributed by atoms with Gasteiger partial charge in [0.15, 0.2) is 10.8 Å². The summed E-state index contributed by atoms with van der Waals surface area (Å²) in [6.45, 7) is 1.54. The van der Waals surface area contributed by atoms with E-state index in [1.165, 1.54) is 18.4 Å². The number of carbonyl (C=O) groups is 1. The van der Waals surface area contributed by atoms with Gasteiger partial charge in [0.25, 0.3) is 0 Å². The van der Waals surface area contributed by atoms with Crippen molar-refractivity contribution in [2.75, 3.05) is 25.6 Å². The lowest BCUT2D eigenvalue weighted by Crippen LogP contribution is -2.29. The fraction of sp³-hybridized carbons (Fsp3) is 0.600. The smallest absolute Gasteiger partial charge is 0.357 e. The van der Waals surface area contributed by atoms with Crippen molar-refractivity contribution in [3.8, 4) is 0 Å². The first-order valence-corrected chi connectivity index (χ1v) is 6.05. The summed E-state index contributed by atoms with van der Waals surface area (Å²) in [7, 11) is 1.35. The van der Waals surface area contributed by atoms with Crippen LogP contribution in [0.4, 0.5) is 5.13 Å². The second kappa shape index (κ2) is 5.27. The Kier molecular flexibility index (Phi) is 3.74. The average Bonchev–Trinajstić information content (AvgIpc) is 2.78. The van der Waals surface area contributed by atoms with Gasteiger partial charge < -0.3 is 14.8 Å². The third kappa shape index (κ3) is 2.70. The highest BCUT2D eigenvalue weighted by atomic mass is 32.1. The summed E-state index contributed by atoms with van der Waals surface area (Å²) < 4.78 is 9.94. The van der Waals surface area contributed by atoms with Crippen molar-refractivity contribution >= 4 is 22.4 Å². The Labute approximate surface area is 97.8 Å². The van der Waals surface area contributed by atoms with Crippen molar-refractivity contribution in [1.29, 1.82) is 0 Å². The van der Waals surface area contributed by atoms with Crippen LogP contribution in [-0.4, -0.2) is 37.3 Å². The maximum absolute atomic E-state index is 11.2. The van der Waals surface area contributed by atoms with Gasteiger partial charge in [-0.3, -0.25) is 0 Å². The van der Waals surface area contributed by atoms with Crippen molar-refractivity contribution in [1.82, 2.24) is 4.98 Å². The molecule has 2 heterocycles. The van der Waals surface area contributed by atoms with Gasteiger partial charge in [-0.1, -0.05) is 0 Å². The first-order valence-electron chi connectivity index (χ1n) is 5.17. The quantitative estimate of drug-likeness (QED) is 0.814. The maximum Gasteiger partial charge on any atom is 0.357 e. The molecule has 1 N–H and O–H groups in total. The molecule has 0 saturated carbocycles. The Morgan fingerprint density at radius 3 is 3.31 bits per heavy atom. The third-order valence-electron chi connectivity index (χ3n) is 2.39. The molecule has 88 valence electrons. The lowest BCUT2D eigenvalue weighted by atomic mass is 10.1. The topological polar surface area (TPSA) is 60.5 Å². The fourth-order valence-electron chi connectivity index (χ4n) is 1.57. The minimum atomic E-state index is -0.399. The van der Waals surface area contributed by atoms with Crippen LogP contribution in [0.3, 0.4) is 0 Å². The zero-order valence-corrected chi connectivity index (χ0v) is 9.88. The van der Waals surface area contributed by atoms with E-state index in [1.54, 1.807) is 5.38 Å². The number of esters is 1. The molecule has 1 aromatic rings. The molecule has 6 heteroatoms.